The minimum absolute atomic E-state index is 0.0251. The largest absolute Gasteiger partial charge is 0.478 e. The molecule has 3 N–H and O–H groups in total. The Morgan fingerprint density at radius 3 is 2.76 bits per heavy atom. The molecule has 1 aliphatic heterocycles. The molecule has 0 radical (unpaired) electrons. The molecular formula is C11H11FN2O3. The summed E-state index contributed by atoms with van der Waals surface area (Å²) in [6, 6.07) is 3.00. The first-order chi connectivity index (χ1) is 7.99. The normalized spacial score (nSPS) is 19.8. The second-order valence-electron chi connectivity index (χ2n) is 3.94. The van der Waals surface area contributed by atoms with E-state index in [2.05, 4.69) is 0 Å². The van der Waals surface area contributed by atoms with E-state index in [0.29, 0.717) is 0 Å². The quantitative estimate of drug-likeness (QED) is 0.789. The van der Waals surface area contributed by atoms with Crippen LogP contribution in [0.25, 0.3) is 0 Å². The fraction of sp³-hybridized carbons (Fsp3) is 0.273. The predicted octanol–water partition coefficient (Wildman–Crippen LogP) is 0.588. The maximum atomic E-state index is 13.6. The summed E-state index contributed by atoms with van der Waals surface area (Å²) in [7, 11) is 0. The number of carboxylic acid groups (broad SMARTS) is 1. The van der Waals surface area contributed by atoms with E-state index in [1.165, 1.54) is 4.90 Å². The molecule has 1 atom stereocenters. The molecule has 0 aliphatic carbocycles. The zero-order valence-electron chi connectivity index (χ0n) is 8.89. The van der Waals surface area contributed by atoms with Crippen LogP contribution in [-0.2, 0) is 4.79 Å². The van der Waals surface area contributed by atoms with Crippen LogP contribution >= 0.6 is 0 Å². The van der Waals surface area contributed by atoms with E-state index in [1.807, 2.05) is 0 Å². The third-order valence-electron chi connectivity index (χ3n) is 2.64. The summed E-state index contributed by atoms with van der Waals surface area (Å²) in [5, 5.41) is 8.81. The van der Waals surface area contributed by atoms with Crippen LogP contribution in [-0.4, -0.2) is 29.6 Å². The summed E-state index contributed by atoms with van der Waals surface area (Å²) < 4.78 is 13.6. The molecule has 6 heteroatoms. The van der Waals surface area contributed by atoms with Gasteiger partial charge in [0.15, 0.2) is 0 Å². The number of aromatic carboxylic acids is 1. The Morgan fingerprint density at radius 1 is 1.53 bits per heavy atom. The summed E-state index contributed by atoms with van der Waals surface area (Å²) >= 11 is 0. The molecule has 1 aromatic carbocycles. The van der Waals surface area contributed by atoms with Crippen molar-refractivity contribution in [3.8, 4) is 0 Å². The summed E-state index contributed by atoms with van der Waals surface area (Å²) in [5.74, 6) is -2.08. The Labute approximate surface area is 96.6 Å². The lowest BCUT2D eigenvalue weighted by Gasteiger charge is -2.17. The van der Waals surface area contributed by atoms with Gasteiger partial charge in [0.25, 0.3) is 0 Å². The van der Waals surface area contributed by atoms with Gasteiger partial charge in [-0.1, -0.05) is 0 Å². The molecule has 1 fully saturated rings. The van der Waals surface area contributed by atoms with Gasteiger partial charge < -0.3 is 15.7 Å². The van der Waals surface area contributed by atoms with Crippen LogP contribution in [0.3, 0.4) is 0 Å². The predicted molar refractivity (Wildman–Crippen MR) is 58.3 cm³/mol. The Bertz CT molecular complexity index is 490. The van der Waals surface area contributed by atoms with Crippen molar-refractivity contribution in [1.82, 2.24) is 0 Å². The van der Waals surface area contributed by atoms with Crippen LogP contribution in [0.5, 0.6) is 0 Å². The molecule has 5 nitrogen and oxygen atoms in total. The van der Waals surface area contributed by atoms with Crippen LogP contribution in [0.1, 0.15) is 16.8 Å². The van der Waals surface area contributed by atoms with Gasteiger partial charge in [0.1, 0.15) is 5.82 Å². The molecule has 1 aromatic rings. The Kier molecular flexibility index (Phi) is 2.81. The van der Waals surface area contributed by atoms with Crippen LogP contribution in [0.2, 0.25) is 0 Å². The maximum absolute atomic E-state index is 13.6. The first-order valence-corrected chi connectivity index (χ1v) is 5.08. The third-order valence-corrected chi connectivity index (χ3v) is 2.64. The minimum atomic E-state index is -1.16. The van der Waals surface area contributed by atoms with E-state index >= 15 is 0 Å². The Hall–Kier alpha value is -1.95. The van der Waals surface area contributed by atoms with E-state index in [1.54, 1.807) is 0 Å². The van der Waals surface area contributed by atoms with Gasteiger partial charge in [0, 0.05) is 19.0 Å². The molecule has 1 unspecified atom stereocenters. The molecule has 1 aliphatic rings. The first-order valence-electron chi connectivity index (χ1n) is 5.08. The average Bonchev–Trinajstić information content (AvgIpc) is 2.58. The second kappa shape index (κ2) is 4.14. The molecule has 0 aromatic heterocycles. The zero-order chi connectivity index (χ0) is 12.6. The van der Waals surface area contributed by atoms with E-state index in [9.17, 15) is 14.0 Å². The Morgan fingerprint density at radius 2 is 2.24 bits per heavy atom. The highest BCUT2D eigenvalue weighted by atomic mass is 19.1. The molecule has 0 saturated carbocycles. The van der Waals surface area contributed by atoms with Gasteiger partial charge in [-0.15, -0.1) is 0 Å². The standard InChI is InChI=1S/C11H11FN2O3/c12-8-2-1-6(11(16)17)3-9(8)14-5-7(13)4-10(14)15/h1-3,7H,4-5,13H2,(H,16,17). The van der Waals surface area contributed by atoms with Crippen LogP contribution < -0.4 is 10.6 Å². The van der Waals surface area contributed by atoms with Gasteiger partial charge in [0.2, 0.25) is 5.91 Å². The lowest BCUT2D eigenvalue weighted by Crippen LogP contribution is -2.28. The van der Waals surface area contributed by atoms with Gasteiger partial charge >= 0.3 is 5.97 Å². The van der Waals surface area contributed by atoms with Crippen molar-refractivity contribution in [2.75, 3.05) is 11.4 Å². The fourth-order valence-electron chi connectivity index (χ4n) is 1.82. The van der Waals surface area contributed by atoms with Crippen molar-refractivity contribution < 1.29 is 19.1 Å². The van der Waals surface area contributed by atoms with E-state index < -0.39 is 11.8 Å². The van der Waals surface area contributed by atoms with Gasteiger partial charge in [-0.3, -0.25) is 4.79 Å². The number of carbonyl (C=O) groups excluding carboxylic acids is 1. The number of carboxylic acids is 1. The van der Waals surface area contributed by atoms with Crippen molar-refractivity contribution in [1.29, 1.82) is 0 Å². The number of hydrogen-bond donors (Lipinski definition) is 2. The van der Waals surface area contributed by atoms with E-state index in [4.69, 9.17) is 10.8 Å². The third kappa shape index (κ3) is 2.12. The highest BCUT2D eigenvalue weighted by Gasteiger charge is 2.30. The zero-order valence-corrected chi connectivity index (χ0v) is 8.89. The molecule has 17 heavy (non-hydrogen) atoms. The molecule has 1 heterocycles. The number of halogens is 1. The lowest BCUT2D eigenvalue weighted by atomic mass is 10.2. The van der Waals surface area contributed by atoms with Gasteiger partial charge in [-0.2, -0.15) is 0 Å². The molecule has 2 rings (SSSR count). The molecule has 0 spiro atoms. The van der Waals surface area contributed by atoms with Crippen LogP contribution in [0.15, 0.2) is 18.2 Å². The number of benzene rings is 1. The van der Waals surface area contributed by atoms with Crippen molar-refractivity contribution >= 4 is 17.6 Å². The monoisotopic (exact) mass is 238 g/mol. The summed E-state index contributed by atoms with van der Waals surface area (Å²) in [6.45, 7) is 0.207. The van der Waals surface area contributed by atoms with Crippen molar-refractivity contribution in [3.05, 3.63) is 29.6 Å². The second-order valence-corrected chi connectivity index (χ2v) is 3.94. The van der Waals surface area contributed by atoms with Gasteiger partial charge in [0.05, 0.1) is 11.3 Å². The first kappa shape index (κ1) is 11.5. The maximum Gasteiger partial charge on any atom is 0.335 e. The van der Waals surface area contributed by atoms with Gasteiger partial charge in [-0.25, -0.2) is 9.18 Å². The summed E-state index contributed by atoms with van der Waals surface area (Å²) in [6.07, 6.45) is 0.150. The van der Waals surface area contributed by atoms with Crippen molar-refractivity contribution in [3.63, 3.8) is 0 Å². The fourth-order valence-corrected chi connectivity index (χ4v) is 1.82. The van der Waals surface area contributed by atoms with Crippen molar-refractivity contribution in [2.45, 2.75) is 12.5 Å². The van der Waals surface area contributed by atoms with Crippen LogP contribution in [0.4, 0.5) is 10.1 Å². The molecule has 1 amide bonds. The molecule has 90 valence electrons. The number of carbonyl (C=O) groups is 2. The van der Waals surface area contributed by atoms with E-state index in [0.717, 1.165) is 18.2 Å². The highest BCUT2D eigenvalue weighted by molar-refractivity contribution is 5.98. The average molecular weight is 238 g/mol. The number of amides is 1. The van der Waals surface area contributed by atoms with Crippen molar-refractivity contribution in [2.24, 2.45) is 5.73 Å². The van der Waals surface area contributed by atoms with Crippen LogP contribution in [0, 0.1) is 5.82 Å². The minimum Gasteiger partial charge on any atom is -0.478 e. The number of nitrogens with zero attached hydrogens (tertiary/aromatic N) is 1. The number of rotatable bonds is 2. The van der Waals surface area contributed by atoms with E-state index in [-0.39, 0.29) is 36.2 Å². The highest BCUT2D eigenvalue weighted by Crippen LogP contribution is 2.25. The smallest absolute Gasteiger partial charge is 0.335 e. The lowest BCUT2D eigenvalue weighted by molar-refractivity contribution is -0.117. The summed E-state index contributed by atoms with van der Waals surface area (Å²) in [5.41, 5.74) is 5.51. The number of nitrogens with two attached hydrogens (primary N) is 1. The summed E-state index contributed by atoms with van der Waals surface area (Å²) in [4.78, 5) is 23.5. The van der Waals surface area contributed by atoms with Gasteiger partial charge in [-0.05, 0) is 18.2 Å². The SMILES string of the molecule is NC1CC(=O)N(c2cc(C(=O)O)ccc2F)C1. The molecule has 1 saturated heterocycles. The number of hydrogen-bond acceptors (Lipinski definition) is 3. The Balaban J connectivity index is 2.41. The molecular weight excluding hydrogens is 227 g/mol. The topological polar surface area (TPSA) is 83.6 Å². The number of anilines is 1. The molecule has 0 bridgehead atoms.